The molecule has 1 atom stereocenters. The highest BCUT2D eigenvalue weighted by molar-refractivity contribution is 7.87. The maximum Gasteiger partial charge on any atom is 0.279 e. The molecule has 1 heterocycles. The number of hydrogen-bond acceptors (Lipinski definition) is 2. The SMILES string of the molecule is Cc1ccc(C)c(CC2CCCN2S(=O)(=O)NC2CCCC2)c1. The largest absolute Gasteiger partial charge is 0.279 e. The van der Waals surface area contributed by atoms with Gasteiger partial charge in [0, 0.05) is 18.6 Å². The van der Waals surface area contributed by atoms with Gasteiger partial charge in [0.05, 0.1) is 0 Å². The Morgan fingerprint density at radius 3 is 2.61 bits per heavy atom. The van der Waals surface area contributed by atoms with Crippen LogP contribution in [0, 0.1) is 13.8 Å². The van der Waals surface area contributed by atoms with Gasteiger partial charge in [-0.2, -0.15) is 17.4 Å². The van der Waals surface area contributed by atoms with E-state index in [1.54, 1.807) is 4.31 Å². The molecule has 3 rings (SSSR count). The lowest BCUT2D eigenvalue weighted by atomic mass is 9.98. The van der Waals surface area contributed by atoms with Crippen LogP contribution in [0.4, 0.5) is 0 Å². The lowest BCUT2D eigenvalue weighted by Gasteiger charge is -2.26. The number of benzene rings is 1. The van der Waals surface area contributed by atoms with Gasteiger partial charge >= 0.3 is 0 Å². The molecule has 1 aromatic carbocycles. The quantitative estimate of drug-likeness (QED) is 0.898. The van der Waals surface area contributed by atoms with Crippen LogP contribution in [-0.2, 0) is 16.6 Å². The van der Waals surface area contributed by atoms with Crippen molar-refractivity contribution in [1.29, 1.82) is 0 Å². The zero-order chi connectivity index (χ0) is 16.4. The van der Waals surface area contributed by atoms with E-state index < -0.39 is 10.2 Å². The molecule has 1 unspecified atom stereocenters. The standard InChI is InChI=1S/C18H28N2O2S/c1-14-9-10-15(2)16(12-14)13-18-8-5-11-20(18)23(21,22)19-17-6-3-4-7-17/h9-10,12,17-19H,3-8,11,13H2,1-2H3. The molecular formula is C18H28N2O2S. The summed E-state index contributed by atoms with van der Waals surface area (Å²) in [5, 5.41) is 0. The molecule has 5 heteroatoms. The van der Waals surface area contributed by atoms with Gasteiger partial charge in [-0.05, 0) is 57.1 Å². The van der Waals surface area contributed by atoms with Crippen molar-refractivity contribution in [2.45, 2.75) is 70.9 Å². The van der Waals surface area contributed by atoms with Crippen LogP contribution in [-0.4, -0.2) is 31.4 Å². The number of aryl methyl sites for hydroxylation is 2. The Morgan fingerprint density at radius 2 is 1.87 bits per heavy atom. The third kappa shape index (κ3) is 3.95. The van der Waals surface area contributed by atoms with Crippen molar-refractivity contribution in [2.24, 2.45) is 0 Å². The zero-order valence-corrected chi connectivity index (χ0v) is 15.0. The van der Waals surface area contributed by atoms with Gasteiger partial charge in [-0.3, -0.25) is 0 Å². The van der Waals surface area contributed by atoms with Gasteiger partial charge in [0.15, 0.2) is 0 Å². The zero-order valence-electron chi connectivity index (χ0n) is 14.2. The van der Waals surface area contributed by atoms with Crippen LogP contribution < -0.4 is 4.72 Å². The molecule has 4 nitrogen and oxygen atoms in total. The van der Waals surface area contributed by atoms with E-state index in [0.717, 1.165) is 44.9 Å². The summed E-state index contributed by atoms with van der Waals surface area (Å²) in [6, 6.07) is 6.68. The summed E-state index contributed by atoms with van der Waals surface area (Å²) in [7, 11) is -3.35. The molecule has 128 valence electrons. The Labute approximate surface area is 140 Å². The highest BCUT2D eigenvalue weighted by Gasteiger charge is 2.35. The first kappa shape index (κ1) is 16.9. The van der Waals surface area contributed by atoms with Gasteiger partial charge in [0.25, 0.3) is 10.2 Å². The molecule has 1 aliphatic heterocycles. The van der Waals surface area contributed by atoms with Crippen LogP contribution in [0.2, 0.25) is 0 Å². The van der Waals surface area contributed by atoms with Crippen molar-refractivity contribution in [2.75, 3.05) is 6.54 Å². The van der Waals surface area contributed by atoms with Crippen LogP contribution in [0.25, 0.3) is 0 Å². The third-order valence-corrected chi connectivity index (χ3v) is 6.99. The van der Waals surface area contributed by atoms with Gasteiger partial charge in [0.1, 0.15) is 0 Å². The molecule has 1 saturated carbocycles. The lowest BCUT2D eigenvalue weighted by Crippen LogP contribution is -2.47. The van der Waals surface area contributed by atoms with Crippen molar-refractivity contribution >= 4 is 10.2 Å². The monoisotopic (exact) mass is 336 g/mol. The highest BCUT2D eigenvalue weighted by atomic mass is 32.2. The van der Waals surface area contributed by atoms with E-state index in [1.807, 2.05) is 0 Å². The van der Waals surface area contributed by atoms with Crippen molar-refractivity contribution in [3.8, 4) is 0 Å². The van der Waals surface area contributed by atoms with Crippen molar-refractivity contribution in [1.82, 2.24) is 9.03 Å². The van der Waals surface area contributed by atoms with Gasteiger partial charge in [0.2, 0.25) is 0 Å². The molecule has 1 saturated heterocycles. The summed E-state index contributed by atoms with van der Waals surface area (Å²) in [6.45, 7) is 4.85. The van der Waals surface area contributed by atoms with Crippen molar-refractivity contribution in [3.05, 3.63) is 34.9 Å². The molecule has 2 aliphatic rings. The second-order valence-corrected chi connectivity index (χ2v) is 8.80. The van der Waals surface area contributed by atoms with Gasteiger partial charge in [-0.25, -0.2) is 0 Å². The molecule has 0 bridgehead atoms. The van der Waals surface area contributed by atoms with Crippen LogP contribution >= 0.6 is 0 Å². The fraction of sp³-hybridized carbons (Fsp3) is 0.667. The Hall–Kier alpha value is -0.910. The van der Waals surface area contributed by atoms with E-state index in [2.05, 4.69) is 36.8 Å². The summed E-state index contributed by atoms with van der Waals surface area (Å²) < 4.78 is 30.2. The predicted octanol–water partition coefficient (Wildman–Crippen LogP) is 3.09. The molecule has 1 N–H and O–H groups in total. The van der Waals surface area contributed by atoms with Crippen molar-refractivity contribution in [3.63, 3.8) is 0 Å². The topological polar surface area (TPSA) is 49.4 Å². The van der Waals surface area contributed by atoms with E-state index in [1.165, 1.54) is 16.7 Å². The second-order valence-electron chi connectivity index (χ2n) is 7.15. The normalized spacial score (nSPS) is 23.7. The smallest absolute Gasteiger partial charge is 0.199 e. The van der Waals surface area contributed by atoms with Crippen LogP contribution in [0.5, 0.6) is 0 Å². The van der Waals surface area contributed by atoms with Crippen LogP contribution in [0.3, 0.4) is 0 Å². The summed E-state index contributed by atoms with van der Waals surface area (Å²) in [4.78, 5) is 0. The molecular weight excluding hydrogens is 308 g/mol. The second kappa shape index (κ2) is 6.91. The summed E-state index contributed by atoms with van der Waals surface area (Å²) in [5.41, 5.74) is 3.77. The summed E-state index contributed by atoms with van der Waals surface area (Å²) in [6.07, 6.45) is 6.97. The third-order valence-electron chi connectivity index (χ3n) is 5.26. The Morgan fingerprint density at radius 1 is 1.13 bits per heavy atom. The molecule has 0 radical (unpaired) electrons. The fourth-order valence-electron chi connectivity index (χ4n) is 3.93. The van der Waals surface area contributed by atoms with E-state index in [-0.39, 0.29) is 12.1 Å². The van der Waals surface area contributed by atoms with Crippen LogP contribution in [0.1, 0.15) is 55.2 Å². The van der Waals surface area contributed by atoms with E-state index in [0.29, 0.717) is 6.54 Å². The molecule has 0 amide bonds. The Balaban J connectivity index is 1.73. The van der Waals surface area contributed by atoms with Crippen molar-refractivity contribution < 1.29 is 8.42 Å². The number of nitrogens with one attached hydrogen (secondary N) is 1. The average Bonchev–Trinajstić information content (AvgIpc) is 3.14. The van der Waals surface area contributed by atoms with Gasteiger partial charge in [-0.15, -0.1) is 0 Å². The minimum atomic E-state index is -3.35. The predicted molar refractivity (Wildman–Crippen MR) is 93.7 cm³/mol. The molecule has 23 heavy (non-hydrogen) atoms. The Bertz CT molecular complexity index is 651. The minimum absolute atomic E-state index is 0.0920. The molecule has 1 aliphatic carbocycles. The first-order valence-corrected chi connectivity index (χ1v) is 10.2. The summed E-state index contributed by atoms with van der Waals surface area (Å²) >= 11 is 0. The summed E-state index contributed by atoms with van der Waals surface area (Å²) in [5.74, 6) is 0. The molecule has 0 aromatic heterocycles. The number of hydrogen-bond donors (Lipinski definition) is 1. The maximum atomic E-state index is 12.8. The number of rotatable bonds is 5. The van der Waals surface area contributed by atoms with E-state index >= 15 is 0 Å². The van der Waals surface area contributed by atoms with Crippen LogP contribution in [0.15, 0.2) is 18.2 Å². The molecule has 0 spiro atoms. The van der Waals surface area contributed by atoms with Gasteiger partial charge in [-0.1, -0.05) is 36.6 Å². The molecule has 1 aromatic rings. The minimum Gasteiger partial charge on any atom is -0.199 e. The van der Waals surface area contributed by atoms with E-state index in [4.69, 9.17) is 0 Å². The Kier molecular flexibility index (Phi) is 5.09. The maximum absolute atomic E-state index is 12.8. The van der Waals surface area contributed by atoms with Gasteiger partial charge < -0.3 is 0 Å². The fourth-order valence-corrected chi connectivity index (χ4v) is 5.66. The lowest BCUT2D eigenvalue weighted by molar-refractivity contribution is 0.373. The highest BCUT2D eigenvalue weighted by Crippen LogP contribution is 2.27. The molecule has 2 fully saturated rings. The first-order valence-electron chi connectivity index (χ1n) is 8.81. The van der Waals surface area contributed by atoms with E-state index in [9.17, 15) is 8.42 Å². The average molecular weight is 337 g/mol. The first-order chi connectivity index (χ1) is 11.0. The number of nitrogens with zero attached hydrogens (tertiary/aromatic N) is 1.